The van der Waals surface area contributed by atoms with Crippen molar-refractivity contribution in [2.75, 3.05) is 14.2 Å². The second-order valence-corrected chi connectivity index (χ2v) is 22.6. The van der Waals surface area contributed by atoms with Crippen molar-refractivity contribution < 1.29 is 28.7 Å². The minimum Gasteiger partial charge on any atom is -0.453 e. The fraction of sp³-hybridized carbons (Fsp3) is 0.500. The Kier molecular flexibility index (Phi) is 13.9. The van der Waals surface area contributed by atoms with Crippen LogP contribution in [0.5, 0.6) is 0 Å². The maximum atomic E-state index is 14.9. The largest absolute Gasteiger partial charge is 0.453 e. The minimum absolute atomic E-state index is 0.0699. The normalized spacial score (nSPS) is 23.3. The number of aryl methyl sites for hydroxylation is 4. The van der Waals surface area contributed by atoms with E-state index in [1.165, 1.54) is 61.3 Å². The molecule has 4 N–H and O–H groups in total. The quantitative estimate of drug-likeness (QED) is 0.104. The van der Waals surface area contributed by atoms with Gasteiger partial charge in [0.15, 0.2) is 0 Å². The Bertz CT molecular complexity index is 3110. The van der Waals surface area contributed by atoms with Crippen LogP contribution in [0.15, 0.2) is 72.8 Å². The van der Waals surface area contributed by atoms with Crippen LogP contribution >= 0.6 is 0 Å². The molecule has 2 saturated heterocycles. The molecule has 0 radical (unpaired) electrons. The summed E-state index contributed by atoms with van der Waals surface area (Å²) in [6, 6.07) is 25.4. The van der Waals surface area contributed by atoms with Crippen LogP contribution < -0.4 is 16.0 Å². The van der Waals surface area contributed by atoms with Gasteiger partial charge in [0.2, 0.25) is 5.91 Å². The van der Waals surface area contributed by atoms with Gasteiger partial charge in [0.1, 0.15) is 23.7 Å². The van der Waals surface area contributed by atoms with Crippen molar-refractivity contribution in [3.05, 3.63) is 107 Å². The number of alkyl carbamates (subject to hydrolysis) is 2. The maximum absolute atomic E-state index is 14.9. The highest BCUT2D eigenvalue weighted by Gasteiger charge is 2.48. The van der Waals surface area contributed by atoms with E-state index in [9.17, 15) is 19.2 Å². The van der Waals surface area contributed by atoms with Crippen molar-refractivity contribution in [2.24, 2.45) is 23.7 Å². The third kappa shape index (κ3) is 9.47. The highest BCUT2D eigenvalue weighted by atomic mass is 16.5. The number of nitrogens with zero attached hydrogens (tertiary/aromatic N) is 4. The lowest BCUT2D eigenvalue weighted by atomic mass is 9.84. The van der Waals surface area contributed by atoms with Crippen molar-refractivity contribution in [3.8, 4) is 22.3 Å². The molecule has 6 aliphatic carbocycles. The SMILES string of the molecule is COC(=O)N[C@H](C(=O)N1[C@H](c2nc3ccc(-c4cc5ccc4CCc4ccc(c(-c6ccc7nc([C@@H]8C[C@@H]9CCCC[C@@H]9N8)n(C(=O)[C@@H](NC(=O)OC)C(C)C)c7c6)c4)CC5)cc3[nH]2)C[C@@H]2CCCC[C@@H]21)C(C)C. The van der Waals surface area contributed by atoms with E-state index in [-0.39, 0.29) is 41.8 Å². The lowest BCUT2D eigenvalue weighted by molar-refractivity contribution is -0.138. The van der Waals surface area contributed by atoms with Gasteiger partial charge in [-0.05, 0) is 157 Å². The van der Waals surface area contributed by atoms with Gasteiger partial charge in [-0.3, -0.25) is 14.2 Å². The average molecular weight is 1000 g/mol. The number of rotatable bonds is 10. The molecule has 8 aliphatic rings. The van der Waals surface area contributed by atoms with Crippen LogP contribution in [0.4, 0.5) is 9.59 Å². The van der Waals surface area contributed by atoms with Crippen LogP contribution in [0.1, 0.15) is 143 Å². The predicted octanol–water partition coefficient (Wildman–Crippen LogP) is 11.0. The number of carbonyl (C=O) groups is 4. The molecule has 8 atom stereocenters. The highest BCUT2D eigenvalue weighted by Crippen LogP contribution is 2.47. The minimum atomic E-state index is -0.809. The summed E-state index contributed by atoms with van der Waals surface area (Å²) in [5.41, 5.74) is 12.8. The third-order valence-electron chi connectivity index (χ3n) is 17.4. The number of imidazole rings is 2. The first-order valence-electron chi connectivity index (χ1n) is 27.4. The van der Waals surface area contributed by atoms with Crippen LogP contribution in [0.3, 0.4) is 0 Å². The molecule has 74 heavy (non-hydrogen) atoms. The van der Waals surface area contributed by atoms with Crippen LogP contribution in [0, 0.1) is 23.7 Å². The number of likely N-dealkylation sites (tertiary alicyclic amines) is 1. The Labute approximate surface area is 434 Å². The summed E-state index contributed by atoms with van der Waals surface area (Å²) >= 11 is 0. The molecule has 6 aromatic rings. The van der Waals surface area contributed by atoms with Crippen molar-refractivity contribution in [2.45, 2.75) is 154 Å². The van der Waals surface area contributed by atoms with Gasteiger partial charge < -0.3 is 35.3 Å². The molecule has 14 heteroatoms. The van der Waals surface area contributed by atoms with E-state index in [1.54, 1.807) is 4.57 Å². The van der Waals surface area contributed by atoms with Crippen molar-refractivity contribution in [3.63, 3.8) is 0 Å². The maximum Gasteiger partial charge on any atom is 0.407 e. The summed E-state index contributed by atoms with van der Waals surface area (Å²) in [7, 11) is 2.65. The predicted molar refractivity (Wildman–Crippen MR) is 287 cm³/mol. The summed E-state index contributed by atoms with van der Waals surface area (Å²) in [5.74, 6) is 1.86. The lowest BCUT2D eigenvalue weighted by Gasteiger charge is -2.36. The number of carbonyl (C=O) groups excluding carboxylic acids is 4. The van der Waals surface area contributed by atoms with Gasteiger partial charge >= 0.3 is 12.2 Å². The third-order valence-corrected chi connectivity index (χ3v) is 17.4. The van der Waals surface area contributed by atoms with Gasteiger partial charge in [-0.25, -0.2) is 19.6 Å². The first-order chi connectivity index (χ1) is 35.8. The zero-order valence-corrected chi connectivity index (χ0v) is 43.8. The summed E-state index contributed by atoms with van der Waals surface area (Å²) in [6.07, 6.45) is 12.9. The molecule has 14 nitrogen and oxygen atoms in total. The molecule has 14 rings (SSSR count). The van der Waals surface area contributed by atoms with Crippen LogP contribution in [-0.2, 0) is 40.0 Å². The van der Waals surface area contributed by atoms with Gasteiger partial charge in [0.25, 0.3) is 5.91 Å². The smallest absolute Gasteiger partial charge is 0.407 e. The van der Waals surface area contributed by atoms with Crippen LogP contribution in [-0.4, -0.2) is 86.8 Å². The molecular weight excluding hydrogens is 929 g/mol. The molecular formula is C60H72N8O6. The number of fused-ring (bicyclic) bond motifs is 4. The molecule has 4 aromatic carbocycles. The number of aromatic nitrogens is 4. The molecule has 2 aromatic heterocycles. The Morgan fingerprint density at radius 2 is 1.23 bits per heavy atom. The standard InChI is InChI=1S/C60H72N8O6/c1-33(2)53(65-59(71)73-5)57(69)67-50-14-10-8-12-42(50)32-52(67)55-62-46-25-23-39(29-48(46)63-55)43-27-35-15-19-37(43)20-16-36-18-22-38(21-17-35)44(28-36)40-24-26-47-51(31-40)68(58(70)54(34(3)4)66-60(72)74-6)56(64-47)49-30-41-11-7-9-13-45(41)61-49/h15,18-19,22-29,31,33-34,41-42,45,49-50,52-54,61H,7-14,16-17,20-21,30,32H2,1-6H3,(H,62,63)(H,65,71)(H,66,72)/t41-,42-,45-,49-,50-,52-,53-,54-/m0/s1. The summed E-state index contributed by atoms with van der Waals surface area (Å²) in [4.78, 5) is 70.6. The molecule has 4 heterocycles. The number of hydrogen-bond donors (Lipinski definition) is 4. The van der Waals surface area contributed by atoms with Crippen molar-refractivity contribution in [1.29, 1.82) is 0 Å². The zero-order chi connectivity index (χ0) is 51.4. The molecule has 4 fully saturated rings. The highest BCUT2D eigenvalue weighted by molar-refractivity contribution is 5.97. The Morgan fingerprint density at radius 3 is 1.86 bits per heavy atom. The van der Waals surface area contributed by atoms with E-state index in [4.69, 9.17) is 19.4 Å². The molecule has 3 amide bonds. The summed E-state index contributed by atoms with van der Waals surface area (Å²) in [6.45, 7) is 7.81. The number of aromatic amines is 1. The first-order valence-corrected chi connectivity index (χ1v) is 27.4. The van der Waals surface area contributed by atoms with Gasteiger partial charge in [-0.2, -0.15) is 0 Å². The van der Waals surface area contributed by atoms with Gasteiger partial charge in [0.05, 0.1) is 48.4 Å². The first kappa shape index (κ1) is 49.7. The van der Waals surface area contributed by atoms with Crippen LogP contribution in [0.2, 0.25) is 0 Å². The van der Waals surface area contributed by atoms with Gasteiger partial charge in [0, 0.05) is 12.1 Å². The number of methoxy groups -OCH3 is 2. The van der Waals surface area contributed by atoms with Crippen LogP contribution in [0.25, 0.3) is 44.3 Å². The number of benzene rings is 4. The topological polar surface area (TPSA) is 173 Å². The van der Waals surface area contributed by atoms with E-state index in [0.717, 1.165) is 115 Å². The Morgan fingerprint density at radius 1 is 0.635 bits per heavy atom. The molecule has 388 valence electrons. The molecule has 2 saturated carbocycles. The fourth-order valence-electron chi connectivity index (χ4n) is 13.4. The average Bonchev–Trinajstić information content (AvgIpc) is 4.21. The number of hydrogen-bond acceptors (Lipinski definition) is 9. The van der Waals surface area contributed by atoms with Gasteiger partial charge in [-0.1, -0.05) is 102 Å². The number of H-pyrrole nitrogens is 1. The van der Waals surface area contributed by atoms with E-state index in [1.807, 2.05) is 32.6 Å². The van der Waals surface area contributed by atoms with E-state index in [2.05, 4.69) is 93.7 Å². The number of amides is 3. The fourth-order valence-corrected chi connectivity index (χ4v) is 13.4. The molecule has 2 aliphatic heterocycles. The van der Waals surface area contributed by atoms with E-state index < -0.39 is 24.3 Å². The second-order valence-electron chi connectivity index (χ2n) is 22.6. The van der Waals surface area contributed by atoms with E-state index in [0.29, 0.717) is 23.7 Å². The Hall–Kier alpha value is -6.54. The lowest BCUT2D eigenvalue weighted by Crippen LogP contribution is -2.53. The van der Waals surface area contributed by atoms with Crippen molar-refractivity contribution in [1.82, 2.24) is 40.4 Å². The zero-order valence-electron chi connectivity index (χ0n) is 43.8. The Balaban J connectivity index is 0.892. The molecule has 0 unspecified atom stereocenters. The second kappa shape index (κ2) is 20.6. The summed E-state index contributed by atoms with van der Waals surface area (Å²) < 4.78 is 11.7. The number of ether oxygens (including phenoxy) is 2. The van der Waals surface area contributed by atoms with Gasteiger partial charge in [-0.15, -0.1) is 0 Å². The summed E-state index contributed by atoms with van der Waals surface area (Å²) in [5, 5.41) is 9.56. The van der Waals surface area contributed by atoms with Crippen molar-refractivity contribution >= 4 is 46.1 Å². The van der Waals surface area contributed by atoms with E-state index >= 15 is 0 Å². The molecule has 0 spiro atoms. The number of nitrogens with one attached hydrogen (secondary N) is 4. The monoisotopic (exact) mass is 1000 g/mol. The molecule has 4 bridgehead atoms.